The summed E-state index contributed by atoms with van der Waals surface area (Å²) in [5, 5.41) is 0. The van der Waals surface area contributed by atoms with Crippen molar-refractivity contribution in [3.8, 4) is 0 Å². The standard InChI is InChI=1S/C17H22O2Se/c1-16(2)10-7-11-17(3)14(16)13(15(18)19-17)20-12-8-5-4-6-9-12/h4-6,8-9,13-14H,7,10-11H2,1-3H3. The van der Waals surface area contributed by atoms with Gasteiger partial charge in [-0.15, -0.1) is 0 Å². The molecule has 0 spiro atoms. The Hall–Kier alpha value is -0.791. The van der Waals surface area contributed by atoms with Crippen molar-refractivity contribution in [2.75, 3.05) is 0 Å². The third-order valence-corrected chi connectivity index (χ3v) is 7.52. The number of hydrogen-bond acceptors (Lipinski definition) is 2. The van der Waals surface area contributed by atoms with Crippen molar-refractivity contribution in [2.24, 2.45) is 11.3 Å². The molecule has 1 aromatic rings. The summed E-state index contributed by atoms with van der Waals surface area (Å²) in [6.45, 7) is 6.77. The number of rotatable bonds is 2. The van der Waals surface area contributed by atoms with Gasteiger partial charge in [0.2, 0.25) is 0 Å². The topological polar surface area (TPSA) is 26.3 Å². The van der Waals surface area contributed by atoms with E-state index in [0.717, 1.165) is 6.42 Å². The normalized spacial score (nSPS) is 35.5. The van der Waals surface area contributed by atoms with Crippen LogP contribution < -0.4 is 4.46 Å². The Kier molecular flexibility index (Phi) is 3.46. The van der Waals surface area contributed by atoms with Crippen LogP contribution in [0.3, 0.4) is 0 Å². The molecule has 1 aliphatic heterocycles. The number of carbonyl (C=O) groups excluding carboxylic acids is 1. The Morgan fingerprint density at radius 1 is 1.15 bits per heavy atom. The minimum absolute atomic E-state index is 0.0383. The Bertz CT molecular complexity index is 511. The van der Waals surface area contributed by atoms with Crippen molar-refractivity contribution in [2.45, 2.75) is 50.5 Å². The second-order valence-electron chi connectivity index (χ2n) is 6.91. The Labute approximate surface area is 127 Å². The van der Waals surface area contributed by atoms with Crippen molar-refractivity contribution in [1.82, 2.24) is 0 Å². The van der Waals surface area contributed by atoms with Crippen LogP contribution >= 0.6 is 0 Å². The van der Waals surface area contributed by atoms with Gasteiger partial charge < -0.3 is 0 Å². The Morgan fingerprint density at radius 3 is 2.55 bits per heavy atom. The summed E-state index contributed by atoms with van der Waals surface area (Å²) in [6, 6.07) is 10.4. The van der Waals surface area contributed by atoms with Crippen LogP contribution in [0.5, 0.6) is 0 Å². The molecule has 1 saturated carbocycles. The second kappa shape index (κ2) is 4.89. The summed E-state index contributed by atoms with van der Waals surface area (Å²) in [6.07, 6.45) is 3.39. The van der Waals surface area contributed by atoms with E-state index in [2.05, 4.69) is 45.0 Å². The molecule has 3 unspecified atom stereocenters. The summed E-state index contributed by atoms with van der Waals surface area (Å²) in [7, 11) is 0. The van der Waals surface area contributed by atoms with Crippen LogP contribution in [-0.2, 0) is 9.53 Å². The quantitative estimate of drug-likeness (QED) is 0.613. The number of benzene rings is 1. The maximum absolute atomic E-state index is 12.4. The van der Waals surface area contributed by atoms with E-state index in [9.17, 15) is 4.79 Å². The third kappa shape index (κ3) is 2.31. The molecule has 20 heavy (non-hydrogen) atoms. The minimum atomic E-state index is -0.236. The molecule has 0 radical (unpaired) electrons. The van der Waals surface area contributed by atoms with Gasteiger partial charge >= 0.3 is 127 Å². The third-order valence-electron chi connectivity index (χ3n) is 4.87. The molecule has 3 atom stereocenters. The molecule has 1 heterocycles. The van der Waals surface area contributed by atoms with Crippen molar-refractivity contribution < 1.29 is 9.53 Å². The molecule has 108 valence electrons. The van der Waals surface area contributed by atoms with E-state index >= 15 is 0 Å². The molecular formula is C17H22O2Se. The van der Waals surface area contributed by atoms with Gasteiger partial charge in [-0.05, 0) is 0 Å². The molecule has 3 rings (SSSR count). The molecule has 2 fully saturated rings. The Balaban J connectivity index is 1.91. The molecular weight excluding hydrogens is 315 g/mol. The van der Waals surface area contributed by atoms with Crippen LogP contribution in [0.25, 0.3) is 0 Å². The summed E-state index contributed by atoms with van der Waals surface area (Å²) < 4.78 is 7.15. The zero-order valence-corrected chi connectivity index (χ0v) is 14.1. The fraction of sp³-hybridized carbons (Fsp3) is 0.588. The number of ether oxygens (including phenoxy) is 1. The fourth-order valence-corrected chi connectivity index (χ4v) is 7.30. The van der Waals surface area contributed by atoms with Gasteiger partial charge in [0.05, 0.1) is 0 Å². The van der Waals surface area contributed by atoms with Crippen LogP contribution in [0.15, 0.2) is 30.3 Å². The van der Waals surface area contributed by atoms with E-state index in [1.807, 2.05) is 6.07 Å². The molecule has 0 bridgehead atoms. The van der Waals surface area contributed by atoms with E-state index in [-0.39, 0.29) is 36.8 Å². The van der Waals surface area contributed by atoms with Crippen LogP contribution in [0, 0.1) is 11.3 Å². The first-order chi connectivity index (χ1) is 9.42. The molecule has 0 aromatic heterocycles. The molecule has 0 amide bonds. The van der Waals surface area contributed by atoms with E-state index < -0.39 is 0 Å². The summed E-state index contributed by atoms with van der Waals surface area (Å²) >= 11 is 0.162. The van der Waals surface area contributed by atoms with Gasteiger partial charge in [-0.2, -0.15) is 0 Å². The van der Waals surface area contributed by atoms with E-state index in [1.165, 1.54) is 17.3 Å². The molecule has 1 aliphatic carbocycles. The molecule has 0 N–H and O–H groups in total. The first-order valence-corrected chi connectivity index (χ1v) is 9.21. The van der Waals surface area contributed by atoms with Gasteiger partial charge in [0.25, 0.3) is 0 Å². The fourth-order valence-electron chi connectivity index (χ4n) is 4.06. The number of hydrogen-bond donors (Lipinski definition) is 0. The van der Waals surface area contributed by atoms with Crippen molar-refractivity contribution >= 4 is 25.4 Å². The molecule has 1 saturated heterocycles. The van der Waals surface area contributed by atoms with E-state index in [4.69, 9.17) is 4.74 Å². The molecule has 2 aliphatic rings. The van der Waals surface area contributed by atoms with Gasteiger partial charge in [-0.3, -0.25) is 0 Å². The summed E-state index contributed by atoms with van der Waals surface area (Å²) in [4.78, 5) is 12.5. The van der Waals surface area contributed by atoms with Crippen LogP contribution in [0.2, 0.25) is 4.82 Å². The number of carbonyl (C=O) groups is 1. The maximum atomic E-state index is 12.4. The Morgan fingerprint density at radius 2 is 1.85 bits per heavy atom. The zero-order valence-electron chi connectivity index (χ0n) is 12.4. The van der Waals surface area contributed by atoms with Gasteiger partial charge in [0, 0.05) is 0 Å². The van der Waals surface area contributed by atoms with Gasteiger partial charge in [0.15, 0.2) is 0 Å². The molecule has 3 heteroatoms. The van der Waals surface area contributed by atoms with Crippen molar-refractivity contribution in [3.63, 3.8) is 0 Å². The van der Waals surface area contributed by atoms with Gasteiger partial charge in [0.1, 0.15) is 0 Å². The summed E-state index contributed by atoms with van der Waals surface area (Å²) in [5.41, 5.74) is -0.0413. The number of fused-ring (bicyclic) bond motifs is 1. The SMILES string of the molecule is CC1(C)CCCC2(C)OC(=O)C([Se]c3ccccc3)C12. The monoisotopic (exact) mass is 338 g/mol. The van der Waals surface area contributed by atoms with Crippen LogP contribution in [0.1, 0.15) is 40.0 Å². The van der Waals surface area contributed by atoms with Crippen molar-refractivity contribution in [3.05, 3.63) is 30.3 Å². The van der Waals surface area contributed by atoms with Gasteiger partial charge in [-0.1, -0.05) is 0 Å². The molecule has 1 aromatic carbocycles. The summed E-state index contributed by atoms with van der Waals surface area (Å²) in [5.74, 6) is 0.396. The first-order valence-electron chi connectivity index (χ1n) is 7.37. The molecule has 2 nitrogen and oxygen atoms in total. The second-order valence-corrected chi connectivity index (χ2v) is 9.45. The average Bonchev–Trinajstić information content (AvgIpc) is 2.62. The van der Waals surface area contributed by atoms with Crippen LogP contribution in [-0.4, -0.2) is 26.5 Å². The van der Waals surface area contributed by atoms with Gasteiger partial charge in [-0.25, -0.2) is 0 Å². The first kappa shape index (κ1) is 14.2. The van der Waals surface area contributed by atoms with E-state index in [0.29, 0.717) is 5.92 Å². The average molecular weight is 337 g/mol. The van der Waals surface area contributed by atoms with Crippen molar-refractivity contribution in [1.29, 1.82) is 0 Å². The number of esters is 1. The zero-order chi connectivity index (χ0) is 14.4. The van der Waals surface area contributed by atoms with E-state index in [1.54, 1.807) is 0 Å². The predicted molar refractivity (Wildman–Crippen MR) is 81.2 cm³/mol. The predicted octanol–water partition coefficient (Wildman–Crippen LogP) is 2.95. The van der Waals surface area contributed by atoms with Crippen LogP contribution in [0.4, 0.5) is 0 Å².